The first kappa shape index (κ1) is 19.7. The van der Waals surface area contributed by atoms with Gasteiger partial charge >= 0.3 is 5.97 Å². The molecule has 0 bridgehead atoms. The van der Waals surface area contributed by atoms with Gasteiger partial charge in [0.05, 0.1) is 0 Å². The third kappa shape index (κ3) is 3.64. The standard InChI is InChI=1S/C20H26N2O4/c1-7-8-22-11(2)9-16(14(22)5)17(24)10-26-20(25)19-12(3)18(15(6)23)13(4)21-19/h9,21H,7-8,10H2,1-6H3. The van der Waals surface area contributed by atoms with E-state index in [9.17, 15) is 14.4 Å². The molecule has 0 radical (unpaired) electrons. The maximum atomic E-state index is 12.5. The minimum Gasteiger partial charge on any atom is -0.453 e. The highest BCUT2D eigenvalue weighted by atomic mass is 16.5. The summed E-state index contributed by atoms with van der Waals surface area (Å²) in [4.78, 5) is 39.4. The van der Waals surface area contributed by atoms with Crippen LogP contribution in [0.4, 0.5) is 0 Å². The molecule has 0 aliphatic heterocycles. The van der Waals surface area contributed by atoms with Crippen LogP contribution < -0.4 is 0 Å². The molecule has 6 heteroatoms. The summed E-state index contributed by atoms with van der Waals surface area (Å²) >= 11 is 0. The lowest BCUT2D eigenvalue weighted by Crippen LogP contribution is -2.16. The van der Waals surface area contributed by atoms with Gasteiger partial charge in [0.15, 0.2) is 12.4 Å². The summed E-state index contributed by atoms with van der Waals surface area (Å²) in [5.41, 5.74) is 4.36. The van der Waals surface area contributed by atoms with Crippen LogP contribution in [0.3, 0.4) is 0 Å². The minimum atomic E-state index is -0.631. The van der Waals surface area contributed by atoms with Gasteiger partial charge in [-0.05, 0) is 52.7 Å². The summed E-state index contributed by atoms with van der Waals surface area (Å²) in [6.45, 7) is 11.3. The highest BCUT2D eigenvalue weighted by Crippen LogP contribution is 2.20. The Morgan fingerprint density at radius 3 is 2.35 bits per heavy atom. The number of esters is 1. The van der Waals surface area contributed by atoms with Crippen LogP contribution >= 0.6 is 0 Å². The first-order valence-corrected chi connectivity index (χ1v) is 8.76. The molecule has 0 aliphatic rings. The Hall–Kier alpha value is -2.63. The van der Waals surface area contributed by atoms with Gasteiger partial charge in [-0.2, -0.15) is 0 Å². The van der Waals surface area contributed by atoms with E-state index in [1.165, 1.54) is 6.92 Å². The van der Waals surface area contributed by atoms with Gasteiger partial charge in [0.2, 0.25) is 5.78 Å². The summed E-state index contributed by atoms with van der Waals surface area (Å²) < 4.78 is 7.29. The number of carbonyl (C=O) groups excluding carboxylic acids is 3. The number of H-pyrrole nitrogens is 1. The summed E-state index contributed by atoms with van der Waals surface area (Å²) in [5.74, 6) is -0.981. The molecule has 2 heterocycles. The largest absolute Gasteiger partial charge is 0.453 e. The number of ether oxygens (including phenoxy) is 1. The Kier molecular flexibility index (Phi) is 5.85. The maximum Gasteiger partial charge on any atom is 0.355 e. The molecule has 0 unspecified atom stereocenters. The number of hydrogen-bond acceptors (Lipinski definition) is 4. The predicted molar refractivity (Wildman–Crippen MR) is 99.1 cm³/mol. The molecule has 2 aromatic heterocycles. The molecule has 0 saturated heterocycles. The lowest BCUT2D eigenvalue weighted by molar-refractivity contribution is 0.0468. The molecule has 2 aromatic rings. The fourth-order valence-corrected chi connectivity index (χ4v) is 3.41. The van der Waals surface area contributed by atoms with Crippen molar-refractivity contribution in [1.82, 2.24) is 9.55 Å². The highest BCUT2D eigenvalue weighted by Gasteiger charge is 2.22. The molecule has 0 aromatic carbocycles. The number of Topliss-reactive ketones (excluding diaryl/α,β-unsaturated/α-hetero) is 2. The lowest BCUT2D eigenvalue weighted by atomic mass is 10.1. The monoisotopic (exact) mass is 358 g/mol. The predicted octanol–water partition coefficient (Wildman–Crippen LogP) is 3.70. The van der Waals surface area contributed by atoms with Crippen molar-refractivity contribution in [3.05, 3.63) is 45.5 Å². The van der Waals surface area contributed by atoms with Gasteiger partial charge in [-0.15, -0.1) is 0 Å². The van der Waals surface area contributed by atoms with Crippen LogP contribution in [0.15, 0.2) is 6.07 Å². The molecule has 6 nitrogen and oxygen atoms in total. The summed E-state index contributed by atoms with van der Waals surface area (Å²) in [6, 6.07) is 1.83. The number of ketones is 2. The van der Waals surface area contributed by atoms with E-state index in [0.717, 1.165) is 24.4 Å². The number of rotatable bonds is 7. The molecule has 0 saturated carbocycles. The van der Waals surface area contributed by atoms with Crippen molar-refractivity contribution in [3.8, 4) is 0 Å². The number of nitrogens with zero attached hydrogens (tertiary/aromatic N) is 1. The molecule has 0 spiro atoms. The van der Waals surface area contributed by atoms with Crippen LogP contribution in [0.2, 0.25) is 0 Å². The van der Waals surface area contributed by atoms with Crippen LogP contribution in [-0.4, -0.2) is 33.7 Å². The Labute approximate surface area is 153 Å². The quantitative estimate of drug-likeness (QED) is 0.604. The number of hydrogen-bond donors (Lipinski definition) is 1. The number of aryl methyl sites for hydroxylation is 2. The van der Waals surface area contributed by atoms with Gasteiger partial charge in [0.25, 0.3) is 0 Å². The highest BCUT2D eigenvalue weighted by molar-refractivity contribution is 6.03. The zero-order chi connectivity index (χ0) is 19.6. The van der Waals surface area contributed by atoms with Crippen LogP contribution in [0.1, 0.15) is 74.1 Å². The number of aromatic nitrogens is 2. The van der Waals surface area contributed by atoms with Crippen molar-refractivity contribution in [3.63, 3.8) is 0 Å². The van der Waals surface area contributed by atoms with Crippen molar-refractivity contribution in [2.45, 2.75) is 54.5 Å². The van der Waals surface area contributed by atoms with E-state index in [0.29, 0.717) is 22.4 Å². The van der Waals surface area contributed by atoms with Crippen molar-refractivity contribution in [2.75, 3.05) is 6.61 Å². The van der Waals surface area contributed by atoms with Gasteiger partial charge < -0.3 is 14.3 Å². The second-order valence-electron chi connectivity index (χ2n) is 6.62. The molecule has 0 atom stereocenters. The molecule has 140 valence electrons. The Balaban J connectivity index is 2.13. The molecule has 0 aliphatic carbocycles. The van der Waals surface area contributed by atoms with Gasteiger partial charge in [-0.1, -0.05) is 6.92 Å². The maximum absolute atomic E-state index is 12.5. The van der Waals surface area contributed by atoms with E-state index < -0.39 is 5.97 Å². The number of carbonyl (C=O) groups is 3. The summed E-state index contributed by atoms with van der Waals surface area (Å²) in [7, 11) is 0. The first-order valence-electron chi connectivity index (χ1n) is 8.76. The summed E-state index contributed by atoms with van der Waals surface area (Å²) in [6.07, 6.45) is 0.975. The van der Waals surface area contributed by atoms with Crippen molar-refractivity contribution < 1.29 is 19.1 Å². The van der Waals surface area contributed by atoms with Crippen molar-refractivity contribution in [1.29, 1.82) is 0 Å². The van der Waals surface area contributed by atoms with E-state index in [4.69, 9.17) is 4.74 Å². The fourth-order valence-electron chi connectivity index (χ4n) is 3.41. The summed E-state index contributed by atoms with van der Waals surface area (Å²) in [5, 5.41) is 0. The second-order valence-corrected chi connectivity index (χ2v) is 6.62. The van der Waals surface area contributed by atoms with E-state index in [1.807, 2.05) is 19.9 Å². The zero-order valence-electron chi connectivity index (χ0n) is 16.3. The minimum absolute atomic E-state index is 0.116. The SMILES string of the molecule is CCCn1c(C)cc(C(=O)COC(=O)c2[nH]c(C)c(C(C)=O)c2C)c1C. The third-order valence-electron chi connectivity index (χ3n) is 4.65. The van der Waals surface area contributed by atoms with Crippen LogP contribution in [0.5, 0.6) is 0 Å². The van der Waals surface area contributed by atoms with E-state index in [2.05, 4.69) is 16.5 Å². The third-order valence-corrected chi connectivity index (χ3v) is 4.65. The lowest BCUT2D eigenvalue weighted by Gasteiger charge is -2.08. The van der Waals surface area contributed by atoms with Crippen molar-refractivity contribution in [2.24, 2.45) is 0 Å². The number of nitrogens with one attached hydrogen (secondary N) is 1. The van der Waals surface area contributed by atoms with Gasteiger partial charge in [0.1, 0.15) is 5.69 Å². The molecule has 26 heavy (non-hydrogen) atoms. The van der Waals surface area contributed by atoms with Gasteiger partial charge in [-0.3, -0.25) is 9.59 Å². The van der Waals surface area contributed by atoms with Crippen molar-refractivity contribution >= 4 is 17.5 Å². The molecule has 0 amide bonds. The zero-order valence-corrected chi connectivity index (χ0v) is 16.3. The Morgan fingerprint density at radius 2 is 1.81 bits per heavy atom. The molecular weight excluding hydrogens is 332 g/mol. The van der Waals surface area contributed by atoms with E-state index in [-0.39, 0.29) is 23.9 Å². The Bertz CT molecular complexity index is 871. The van der Waals surface area contributed by atoms with Crippen LogP contribution in [-0.2, 0) is 11.3 Å². The topological polar surface area (TPSA) is 81.2 Å². The van der Waals surface area contributed by atoms with E-state index >= 15 is 0 Å². The molecule has 1 N–H and O–H groups in total. The normalized spacial score (nSPS) is 10.8. The second kappa shape index (κ2) is 7.72. The van der Waals surface area contributed by atoms with E-state index in [1.54, 1.807) is 13.8 Å². The van der Waals surface area contributed by atoms with Crippen LogP contribution in [0.25, 0.3) is 0 Å². The van der Waals surface area contributed by atoms with Crippen LogP contribution in [0, 0.1) is 27.7 Å². The smallest absolute Gasteiger partial charge is 0.355 e. The van der Waals surface area contributed by atoms with Gasteiger partial charge in [-0.25, -0.2) is 4.79 Å². The molecule has 2 rings (SSSR count). The molecule has 0 fully saturated rings. The first-order chi connectivity index (χ1) is 12.2. The average molecular weight is 358 g/mol. The number of aromatic amines is 1. The Morgan fingerprint density at radius 1 is 1.15 bits per heavy atom. The fraction of sp³-hybridized carbons (Fsp3) is 0.450. The van der Waals surface area contributed by atoms with Gasteiger partial charge in [0, 0.05) is 34.8 Å². The molecular formula is C20H26N2O4. The average Bonchev–Trinajstić information content (AvgIpc) is 3.02.